The standard InChI is InChI=1S/C14H17ClF2O/c1-2-18-11-5-9(6-11)7-12(15)10-3-4-13(16)14(17)8-10/h3-4,8-9,11-12H,2,5-7H2,1H3. The van der Waals surface area contributed by atoms with Crippen LogP contribution in [0.1, 0.15) is 37.1 Å². The lowest BCUT2D eigenvalue weighted by Gasteiger charge is -2.36. The molecule has 1 aliphatic carbocycles. The minimum atomic E-state index is -0.834. The van der Waals surface area contributed by atoms with E-state index in [0.29, 0.717) is 17.6 Å². The molecular formula is C14H17ClF2O. The molecule has 1 unspecified atom stereocenters. The topological polar surface area (TPSA) is 9.23 Å². The van der Waals surface area contributed by atoms with Crippen LogP contribution in [0.5, 0.6) is 0 Å². The van der Waals surface area contributed by atoms with Crippen LogP contribution in [0.2, 0.25) is 0 Å². The van der Waals surface area contributed by atoms with E-state index in [0.717, 1.165) is 31.9 Å². The van der Waals surface area contributed by atoms with Crippen LogP contribution in [0.3, 0.4) is 0 Å². The van der Waals surface area contributed by atoms with Gasteiger partial charge in [-0.2, -0.15) is 0 Å². The monoisotopic (exact) mass is 274 g/mol. The maximum absolute atomic E-state index is 13.1. The van der Waals surface area contributed by atoms with Gasteiger partial charge in [0, 0.05) is 6.61 Å². The molecule has 1 nitrogen and oxygen atoms in total. The van der Waals surface area contributed by atoms with Gasteiger partial charge in [0.1, 0.15) is 0 Å². The van der Waals surface area contributed by atoms with Gasteiger partial charge in [-0.15, -0.1) is 11.6 Å². The van der Waals surface area contributed by atoms with E-state index in [1.165, 1.54) is 6.07 Å². The minimum absolute atomic E-state index is 0.257. The fourth-order valence-corrected chi connectivity index (χ4v) is 2.76. The van der Waals surface area contributed by atoms with E-state index in [4.69, 9.17) is 16.3 Å². The minimum Gasteiger partial charge on any atom is -0.378 e. The average molecular weight is 275 g/mol. The Morgan fingerprint density at radius 1 is 1.33 bits per heavy atom. The highest BCUT2D eigenvalue weighted by atomic mass is 35.5. The molecule has 18 heavy (non-hydrogen) atoms. The van der Waals surface area contributed by atoms with Crippen molar-refractivity contribution in [3.8, 4) is 0 Å². The largest absolute Gasteiger partial charge is 0.378 e. The predicted octanol–water partition coefficient (Wildman–Crippen LogP) is 4.45. The Labute approximate surface area is 111 Å². The first-order chi connectivity index (χ1) is 8.60. The van der Waals surface area contributed by atoms with Gasteiger partial charge >= 0.3 is 0 Å². The summed E-state index contributed by atoms with van der Waals surface area (Å²) in [5.41, 5.74) is 0.649. The fraction of sp³-hybridized carbons (Fsp3) is 0.571. The van der Waals surface area contributed by atoms with Crippen molar-refractivity contribution in [1.29, 1.82) is 0 Å². The molecule has 0 heterocycles. The molecule has 0 spiro atoms. The second-order valence-electron chi connectivity index (χ2n) is 4.79. The van der Waals surface area contributed by atoms with Crippen LogP contribution in [-0.2, 0) is 4.74 Å². The molecule has 1 aliphatic rings. The summed E-state index contributed by atoms with van der Waals surface area (Å²) < 4.78 is 31.4. The number of benzene rings is 1. The molecule has 1 aromatic rings. The molecule has 0 aliphatic heterocycles. The van der Waals surface area contributed by atoms with Gasteiger partial charge in [-0.3, -0.25) is 0 Å². The van der Waals surface area contributed by atoms with Crippen LogP contribution in [-0.4, -0.2) is 12.7 Å². The van der Waals surface area contributed by atoms with E-state index >= 15 is 0 Å². The zero-order chi connectivity index (χ0) is 13.1. The van der Waals surface area contributed by atoms with Gasteiger partial charge in [-0.25, -0.2) is 8.78 Å². The lowest BCUT2D eigenvalue weighted by atomic mass is 9.78. The third kappa shape index (κ3) is 3.21. The molecular weight excluding hydrogens is 258 g/mol. The molecule has 0 amide bonds. The molecule has 100 valence electrons. The van der Waals surface area contributed by atoms with Gasteiger partial charge in [0.15, 0.2) is 11.6 Å². The Balaban J connectivity index is 1.85. The van der Waals surface area contributed by atoms with Crippen molar-refractivity contribution in [3.05, 3.63) is 35.4 Å². The maximum atomic E-state index is 13.1. The summed E-state index contributed by atoms with van der Waals surface area (Å²) in [6.07, 6.45) is 3.17. The van der Waals surface area contributed by atoms with Gasteiger partial charge in [0.25, 0.3) is 0 Å². The van der Waals surface area contributed by atoms with Crippen molar-refractivity contribution in [1.82, 2.24) is 0 Å². The Kier molecular flexibility index (Phi) is 4.57. The predicted molar refractivity (Wildman–Crippen MR) is 67.7 cm³/mol. The Bertz CT molecular complexity index is 405. The SMILES string of the molecule is CCOC1CC(CC(Cl)c2ccc(F)c(F)c2)C1. The number of ether oxygens (including phenoxy) is 1. The average Bonchev–Trinajstić information content (AvgIpc) is 2.30. The van der Waals surface area contributed by atoms with Crippen molar-refractivity contribution in [2.75, 3.05) is 6.61 Å². The first-order valence-electron chi connectivity index (χ1n) is 6.30. The normalized spacial score (nSPS) is 24.7. The zero-order valence-electron chi connectivity index (χ0n) is 10.3. The highest BCUT2D eigenvalue weighted by molar-refractivity contribution is 6.20. The number of hydrogen-bond donors (Lipinski definition) is 0. The molecule has 4 heteroatoms. The molecule has 0 N–H and O–H groups in total. The molecule has 0 aromatic heterocycles. The van der Waals surface area contributed by atoms with E-state index in [1.54, 1.807) is 6.07 Å². The van der Waals surface area contributed by atoms with Gasteiger partial charge < -0.3 is 4.74 Å². The van der Waals surface area contributed by atoms with Crippen molar-refractivity contribution in [2.45, 2.75) is 37.7 Å². The number of rotatable bonds is 5. The summed E-state index contributed by atoms with van der Waals surface area (Å²) in [5, 5.41) is -0.257. The summed E-state index contributed by atoms with van der Waals surface area (Å²) in [6, 6.07) is 3.87. The Hall–Kier alpha value is -0.670. The summed E-state index contributed by atoms with van der Waals surface area (Å²) in [6.45, 7) is 2.73. The number of alkyl halides is 1. The summed E-state index contributed by atoms with van der Waals surface area (Å²) >= 11 is 6.23. The van der Waals surface area contributed by atoms with Gasteiger partial charge in [-0.1, -0.05) is 6.07 Å². The van der Waals surface area contributed by atoms with E-state index in [9.17, 15) is 8.78 Å². The second-order valence-corrected chi connectivity index (χ2v) is 5.32. The third-order valence-electron chi connectivity index (χ3n) is 3.44. The molecule has 1 fully saturated rings. The molecule has 0 bridgehead atoms. The smallest absolute Gasteiger partial charge is 0.159 e. The van der Waals surface area contributed by atoms with E-state index < -0.39 is 11.6 Å². The van der Waals surface area contributed by atoms with E-state index in [1.807, 2.05) is 6.92 Å². The molecule has 0 radical (unpaired) electrons. The molecule has 1 aromatic carbocycles. The van der Waals surface area contributed by atoms with Gasteiger partial charge in [0.2, 0.25) is 0 Å². The van der Waals surface area contributed by atoms with Crippen LogP contribution in [0.4, 0.5) is 8.78 Å². The van der Waals surface area contributed by atoms with Crippen LogP contribution in [0.15, 0.2) is 18.2 Å². The Morgan fingerprint density at radius 3 is 2.67 bits per heavy atom. The van der Waals surface area contributed by atoms with Crippen molar-refractivity contribution < 1.29 is 13.5 Å². The first-order valence-corrected chi connectivity index (χ1v) is 6.74. The first kappa shape index (κ1) is 13.8. The van der Waals surface area contributed by atoms with Crippen molar-refractivity contribution in [3.63, 3.8) is 0 Å². The van der Waals surface area contributed by atoms with E-state index in [-0.39, 0.29) is 5.38 Å². The molecule has 1 atom stereocenters. The van der Waals surface area contributed by atoms with Crippen LogP contribution in [0, 0.1) is 17.6 Å². The van der Waals surface area contributed by atoms with E-state index in [2.05, 4.69) is 0 Å². The lowest BCUT2D eigenvalue weighted by molar-refractivity contribution is -0.0267. The van der Waals surface area contributed by atoms with Crippen LogP contribution < -0.4 is 0 Å². The second kappa shape index (κ2) is 5.98. The van der Waals surface area contributed by atoms with Crippen LogP contribution in [0.25, 0.3) is 0 Å². The quantitative estimate of drug-likeness (QED) is 0.721. The molecule has 2 rings (SSSR count). The zero-order valence-corrected chi connectivity index (χ0v) is 11.1. The third-order valence-corrected chi connectivity index (χ3v) is 3.87. The number of hydrogen-bond acceptors (Lipinski definition) is 1. The molecule has 1 saturated carbocycles. The molecule has 0 saturated heterocycles. The van der Waals surface area contributed by atoms with Crippen molar-refractivity contribution >= 4 is 11.6 Å². The summed E-state index contributed by atoms with van der Waals surface area (Å²) in [7, 11) is 0. The van der Waals surface area contributed by atoms with Gasteiger partial charge in [0.05, 0.1) is 11.5 Å². The lowest BCUT2D eigenvalue weighted by Crippen LogP contribution is -2.31. The number of halogens is 3. The van der Waals surface area contributed by atoms with Gasteiger partial charge in [-0.05, 0) is 49.8 Å². The summed E-state index contributed by atoms with van der Waals surface area (Å²) in [4.78, 5) is 0. The van der Waals surface area contributed by atoms with Crippen molar-refractivity contribution in [2.24, 2.45) is 5.92 Å². The Morgan fingerprint density at radius 2 is 2.06 bits per heavy atom. The van der Waals surface area contributed by atoms with Crippen LogP contribution >= 0.6 is 11.6 Å². The maximum Gasteiger partial charge on any atom is 0.159 e. The summed E-state index contributed by atoms with van der Waals surface area (Å²) in [5.74, 6) is -1.14. The highest BCUT2D eigenvalue weighted by Crippen LogP contribution is 2.39. The fourth-order valence-electron chi connectivity index (χ4n) is 2.37. The highest BCUT2D eigenvalue weighted by Gasteiger charge is 2.31.